The average Bonchev–Trinajstić information content (AvgIpc) is 2.94. The maximum Gasteiger partial charge on any atom is 0.232 e. The fourth-order valence-electron chi connectivity index (χ4n) is 3.22. The van der Waals surface area contributed by atoms with Crippen molar-refractivity contribution in [1.29, 1.82) is 5.26 Å². The molecule has 1 amide bonds. The minimum absolute atomic E-state index is 0.0870. The van der Waals surface area contributed by atoms with Crippen LogP contribution in [0.15, 0.2) is 24.3 Å². The number of carbonyl (C=O) groups is 1. The van der Waals surface area contributed by atoms with Gasteiger partial charge >= 0.3 is 0 Å². The highest BCUT2D eigenvalue weighted by Gasteiger charge is 2.39. The molecular formula is C17H20N2O2. The van der Waals surface area contributed by atoms with E-state index in [1.54, 1.807) is 0 Å². The predicted molar refractivity (Wildman–Crippen MR) is 78.8 cm³/mol. The molecule has 1 N–H and O–H groups in total. The van der Waals surface area contributed by atoms with E-state index < -0.39 is 5.54 Å². The van der Waals surface area contributed by atoms with Gasteiger partial charge in [-0.2, -0.15) is 5.26 Å². The van der Waals surface area contributed by atoms with Gasteiger partial charge in [-0.25, -0.2) is 0 Å². The highest BCUT2D eigenvalue weighted by Crippen LogP contribution is 2.36. The van der Waals surface area contributed by atoms with E-state index in [0.717, 1.165) is 37.0 Å². The number of fused-ring (bicyclic) bond motifs is 1. The van der Waals surface area contributed by atoms with Crippen LogP contribution >= 0.6 is 0 Å². The van der Waals surface area contributed by atoms with Crippen LogP contribution in [0.1, 0.15) is 44.1 Å². The number of hydrogen-bond acceptors (Lipinski definition) is 3. The smallest absolute Gasteiger partial charge is 0.232 e. The van der Waals surface area contributed by atoms with Crippen molar-refractivity contribution < 1.29 is 9.53 Å². The van der Waals surface area contributed by atoms with Crippen molar-refractivity contribution in [3.63, 3.8) is 0 Å². The molecule has 110 valence electrons. The van der Waals surface area contributed by atoms with Gasteiger partial charge in [-0.05, 0) is 37.7 Å². The first kappa shape index (κ1) is 13.9. The van der Waals surface area contributed by atoms with Gasteiger partial charge in [-0.3, -0.25) is 4.79 Å². The molecule has 1 unspecified atom stereocenters. The Labute approximate surface area is 125 Å². The van der Waals surface area contributed by atoms with Crippen LogP contribution in [0.3, 0.4) is 0 Å². The number of carbonyl (C=O) groups excluding carboxylic acids is 1. The summed E-state index contributed by atoms with van der Waals surface area (Å²) in [5.41, 5.74) is 0.230. The molecule has 1 fully saturated rings. The second-order valence-corrected chi connectivity index (χ2v) is 6.27. The lowest BCUT2D eigenvalue weighted by molar-refractivity contribution is -0.124. The van der Waals surface area contributed by atoms with Crippen molar-refractivity contribution >= 4 is 5.91 Å². The SMILES string of the molecule is CC1CCC(C#N)(NC(=O)C2COc3ccccc32)CC1. The first-order valence-electron chi connectivity index (χ1n) is 7.58. The predicted octanol–water partition coefficient (Wildman–Crippen LogP) is 2.75. The lowest BCUT2D eigenvalue weighted by Crippen LogP contribution is -2.51. The number of nitrogens with one attached hydrogen (secondary N) is 1. The van der Waals surface area contributed by atoms with Gasteiger partial charge < -0.3 is 10.1 Å². The van der Waals surface area contributed by atoms with Gasteiger partial charge in [0.25, 0.3) is 0 Å². The third-order valence-electron chi connectivity index (χ3n) is 4.72. The topological polar surface area (TPSA) is 62.1 Å². The Bertz CT molecular complexity index is 583. The Morgan fingerprint density at radius 2 is 2.10 bits per heavy atom. The second kappa shape index (κ2) is 5.40. The van der Waals surface area contributed by atoms with Crippen molar-refractivity contribution in [2.24, 2.45) is 5.92 Å². The summed E-state index contributed by atoms with van der Waals surface area (Å²) < 4.78 is 5.56. The Balaban J connectivity index is 1.74. The number of benzene rings is 1. The van der Waals surface area contributed by atoms with Crippen molar-refractivity contribution in [1.82, 2.24) is 5.32 Å². The zero-order valence-electron chi connectivity index (χ0n) is 12.3. The molecule has 0 aromatic heterocycles. The summed E-state index contributed by atoms with van der Waals surface area (Å²) >= 11 is 0. The van der Waals surface area contributed by atoms with E-state index in [4.69, 9.17) is 4.74 Å². The van der Waals surface area contributed by atoms with Crippen LogP contribution in [0, 0.1) is 17.2 Å². The molecule has 0 radical (unpaired) electrons. The molecule has 21 heavy (non-hydrogen) atoms. The highest BCUT2D eigenvalue weighted by molar-refractivity contribution is 5.86. The van der Waals surface area contributed by atoms with Crippen LogP contribution in [0.2, 0.25) is 0 Å². The van der Waals surface area contributed by atoms with Gasteiger partial charge in [-0.15, -0.1) is 0 Å². The van der Waals surface area contributed by atoms with Crippen LogP contribution in [0.5, 0.6) is 5.75 Å². The largest absolute Gasteiger partial charge is 0.492 e. The number of para-hydroxylation sites is 1. The van der Waals surface area contributed by atoms with Crippen molar-refractivity contribution in [2.45, 2.75) is 44.1 Å². The van der Waals surface area contributed by atoms with E-state index >= 15 is 0 Å². The summed E-state index contributed by atoms with van der Waals surface area (Å²) in [7, 11) is 0. The highest BCUT2D eigenvalue weighted by atomic mass is 16.5. The molecule has 4 nitrogen and oxygen atoms in total. The van der Waals surface area contributed by atoms with Crippen molar-refractivity contribution in [3.05, 3.63) is 29.8 Å². The Hall–Kier alpha value is -2.02. The van der Waals surface area contributed by atoms with Crippen LogP contribution in [-0.2, 0) is 4.79 Å². The molecule has 0 bridgehead atoms. The van der Waals surface area contributed by atoms with Crippen molar-refractivity contribution in [3.8, 4) is 11.8 Å². The quantitative estimate of drug-likeness (QED) is 0.908. The maximum atomic E-state index is 12.6. The molecule has 1 saturated carbocycles. The van der Waals surface area contributed by atoms with E-state index in [0.29, 0.717) is 12.5 Å². The molecule has 3 rings (SSSR count). The Kier molecular flexibility index (Phi) is 3.59. The number of hydrogen-bond donors (Lipinski definition) is 1. The minimum Gasteiger partial charge on any atom is -0.492 e. The maximum absolute atomic E-state index is 12.6. The first-order chi connectivity index (χ1) is 10.1. The van der Waals surface area contributed by atoms with E-state index in [-0.39, 0.29) is 11.8 Å². The average molecular weight is 284 g/mol. The van der Waals surface area contributed by atoms with E-state index in [1.807, 2.05) is 24.3 Å². The van der Waals surface area contributed by atoms with Crippen molar-refractivity contribution in [2.75, 3.05) is 6.61 Å². The molecule has 1 aromatic rings. The zero-order chi connectivity index (χ0) is 14.9. The summed E-state index contributed by atoms with van der Waals surface area (Å²) in [6.45, 7) is 2.56. The molecule has 1 aliphatic heterocycles. The first-order valence-corrected chi connectivity index (χ1v) is 7.58. The molecule has 1 atom stereocenters. The summed E-state index contributed by atoms with van der Waals surface area (Å²) in [4.78, 5) is 12.6. The third kappa shape index (κ3) is 2.61. The fraction of sp³-hybridized carbons (Fsp3) is 0.529. The molecule has 0 spiro atoms. The molecule has 1 heterocycles. The summed E-state index contributed by atoms with van der Waals surface area (Å²) in [5.74, 6) is 1.03. The molecule has 1 aliphatic carbocycles. The monoisotopic (exact) mass is 284 g/mol. The minimum atomic E-state index is -0.693. The van der Waals surface area contributed by atoms with Gasteiger partial charge in [-0.1, -0.05) is 25.1 Å². The number of rotatable bonds is 2. The van der Waals surface area contributed by atoms with E-state index in [2.05, 4.69) is 18.3 Å². The number of ether oxygens (including phenoxy) is 1. The lowest BCUT2D eigenvalue weighted by atomic mass is 9.77. The van der Waals surface area contributed by atoms with Crippen LogP contribution < -0.4 is 10.1 Å². The summed E-state index contributed by atoms with van der Waals surface area (Å²) in [5, 5.41) is 12.5. The fourth-order valence-corrected chi connectivity index (χ4v) is 3.22. The number of amides is 1. The Morgan fingerprint density at radius 3 is 2.81 bits per heavy atom. The van der Waals surface area contributed by atoms with Gasteiger partial charge in [0.2, 0.25) is 5.91 Å². The lowest BCUT2D eigenvalue weighted by Gasteiger charge is -2.35. The zero-order valence-corrected chi connectivity index (χ0v) is 12.3. The van der Waals surface area contributed by atoms with Gasteiger partial charge in [0.1, 0.15) is 23.8 Å². The van der Waals surface area contributed by atoms with Gasteiger partial charge in [0, 0.05) is 5.56 Å². The van der Waals surface area contributed by atoms with Crippen LogP contribution in [-0.4, -0.2) is 18.1 Å². The molecular weight excluding hydrogens is 264 g/mol. The van der Waals surface area contributed by atoms with E-state index in [1.165, 1.54) is 0 Å². The van der Waals surface area contributed by atoms with Gasteiger partial charge in [0.05, 0.1) is 6.07 Å². The summed E-state index contributed by atoms with van der Waals surface area (Å²) in [6, 6.07) is 9.96. The molecule has 4 heteroatoms. The molecule has 2 aliphatic rings. The third-order valence-corrected chi connectivity index (χ3v) is 4.72. The van der Waals surface area contributed by atoms with Crippen LogP contribution in [0.4, 0.5) is 0 Å². The summed E-state index contributed by atoms with van der Waals surface area (Å²) in [6.07, 6.45) is 3.47. The van der Waals surface area contributed by atoms with E-state index in [9.17, 15) is 10.1 Å². The molecule has 0 saturated heterocycles. The standard InChI is InChI=1S/C17H20N2O2/c1-12-6-8-17(11-18,9-7-12)19-16(20)14-10-21-15-5-3-2-4-13(14)15/h2-5,12,14H,6-10H2,1H3,(H,19,20). The normalized spacial score (nSPS) is 30.9. The second-order valence-electron chi connectivity index (χ2n) is 6.27. The van der Waals surface area contributed by atoms with Crippen LogP contribution in [0.25, 0.3) is 0 Å². The number of nitriles is 1. The Morgan fingerprint density at radius 1 is 1.38 bits per heavy atom. The molecule has 1 aromatic carbocycles. The number of nitrogens with zero attached hydrogens (tertiary/aromatic N) is 1. The van der Waals surface area contributed by atoms with Gasteiger partial charge in [0.15, 0.2) is 0 Å².